The van der Waals surface area contributed by atoms with E-state index in [4.69, 9.17) is 9.47 Å². The molecule has 0 radical (unpaired) electrons. The average molecular weight is 286 g/mol. The minimum absolute atomic E-state index is 0.663. The fraction of sp³-hybridized carbons (Fsp3) is 0.353. The average Bonchev–Trinajstić information content (AvgIpc) is 2.49. The van der Waals surface area contributed by atoms with E-state index in [0.29, 0.717) is 13.2 Å². The van der Waals surface area contributed by atoms with Gasteiger partial charge in [0, 0.05) is 23.0 Å². The zero-order valence-electron chi connectivity index (χ0n) is 13.1. The highest BCUT2D eigenvalue weighted by atomic mass is 16.5. The van der Waals surface area contributed by atoms with Crippen LogP contribution in [0.25, 0.3) is 0 Å². The Hall–Kier alpha value is -2.23. The van der Waals surface area contributed by atoms with Crippen molar-refractivity contribution >= 4 is 5.69 Å². The topological polar surface area (TPSA) is 43.4 Å². The van der Waals surface area contributed by atoms with Gasteiger partial charge in [-0.05, 0) is 45.0 Å². The number of hydrogen-bond donors (Lipinski definition) is 1. The van der Waals surface area contributed by atoms with Crippen LogP contribution in [0.4, 0.5) is 5.69 Å². The fourth-order valence-electron chi connectivity index (χ4n) is 2.27. The van der Waals surface area contributed by atoms with Crippen LogP contribution in [-0.2, 0) is 6.54 Å². The van der Waals surface area contributed by atoms with Gasteiger partial charge in [-0.2, -0.15) is 0 Å². The van der Waals surface area contributed by atoms with Crippen molar-refractivity contribution in [1.29, 1.82) is 0 Å². The van der Waals surface area contributed by atoms with E-state index >= 15 is 0 Å². The summed E-state index contributed by atoms with van der Waals surface area (Å²) in [6.07, 6.45) is 1.85. The Labute approximate surface area is 126 Å². The Morgan fingerprint density at radius 3 is 2.48 bits per heavy atom. The third-order valence-corrected chi connectivity index (χ3v) is 3.38. The van der Waals surface area contributed by atoms with Crippen LogP contribution in [0.15, 0.2) is 30.5 Å². The van der Waals surface area contributed by atoms with Crippen LogP contribution in [-0.4, -0.2) is 18.7 Å². The van der Waals surface area contributed by atoms with Gasteiger partial charge in [-0.15, -0.1) is 0 Å². The molecule has 0 saturated carbocycles. The fourth-order valence-corrected chi connectivity index (χ4v) is 2.27. The van der Waals surface area contributed by atoms with Gasteiger partial charge >= 0.3 is 0 Å². The summed E-state index contributed by atoms with van der Waals surface area (Å²) in [6.45, 7) is 7.36. The van der Waals surface area contributed by atoms with Crippen molar-refractivity contribution in [3.8, 4) is 11.5 Å². The third-order valence-electron chi connectivity index (χ3n) is 3.38. The lowest BCUT2D eigenvalue weighted by molar-refractivity contribution is 0.340. The summed E-state index contributed by atoms with van der Waals surface area (Å²) in [4.78, 5) is 4.48. The standard InChI is InChI=1S/C17H22N2O2/c1-5-21-15-8-6-14(7-9-15)18-11-16-13(3)17(20-4)12(2)10-19-16/h6-10,18H,5,11H2,1-4H3. The molecule has 2 aromatic rings. The summed E-state index contributed by atoms with van der Waals surface area (Å²) >= 11 is 0. The second-order valence-corrected chi connectivity index (χ2v) is 4.86. The van der Waals surface area contributed by atoms with Crippen LogP contribution >= 0.6 is 0 Å². The first-order chi connectivity index (χ1) is 10.2. The van der Waals surface area contributed by atoms with Crippen LogP contribution in [0.2, 0.25) is 0 Å². The molecular formula is C17H22N2O2. The molecule has 0 spiro atoms. The zero-order chi connectivity index (χ0) is 15.2. The quantitative estimate of drug-likeness (QED) is 0.879. The van der Waals surface area contributed by atoms with Crippen molar-refractivity contribution < 1.29 is 9.47 Å². The molecule has 1 aromatic heterocycles. The Bertz CT molecular complexity index is 594. The Kier molecular flexibility index (Phi) is 5.04. The first-order valence-electron chi connectivity index (χ1n) is 7.11. The molecule has 0 aliphatic rings. The normalized spacial score (nSPS) is 10.3. The SMILES string of the molecule is CCOc1ccc(NCc2ncc(C)c(OC)c2C)cc1. The van der Waals surface area contributed by atoms with Gasteiger partial charge in [0.25, 0.3) is 0 Å². The number of nitrogens with one attached hydrogen (secondary N) is 1. The summed E-state index contributed by atoms with van der Waals surface area (Å²) in [5.41, 5.74) is 4.17. The van der Waals surface area contributed by atoms with Crippen LogP contribution in [0.5, 0.6) is 11.5 Å². The Morgan fingerprint density at radius 2 is 1.86 bits per heavy atom. The molecule has 0 bridgehead atoms. The lowest BCUT2D eigenvalue weighted by Crippen LogP contribution is -2.06. The van der Waals surface area contributed by atoms with Crippen LogP contribution in [0.1, 0.15) is 23.7 Å². The molecule has 0 saturated heterocycles. The summed E-state index contributed by atoms with van der Waals surface area (Å²) < 4.78 is 10.9. The molecule has 1 heterocycles. The van der Waals surface area contributed by atoms with Crippen molar-refractivity contribution in [2.24, 2.45) is 0 Å². The van der Waals surface area contributed by atoms with Crippen molar-refractivity contribution in [3.05, 3.63) is 47.3 Å². The minimum atomic E-state index is 0.663. The monoisotopic (exact) mass is 286 g/mol. The number of rotatable bonds is 6. The van der Waals surface area contributed by atoms with Crippen molar-refractivity contribution in [2.75, 3.05) is 19.0 Å². The molecule has 0 aliphatic carbocycles. The highest BCUT2D eigenvalue weighted by molar-refractivity contribution is 5.48. The van der Waals surface area contributed by atoms with E-state index in [1.54, 1.807) is 7.11 Å². The summed E-state index contributed by atoms with van der Waals surface area (Å²) in [6, 6.07) is 7.93. The van der Waals surface area contributed by atoms with Crippen LogP contribution in [0, 0.1) is 13.8 Å². The molecule has 1 aromatic carbocycles. The van der Waals surface area contributed by atoms with E-state index in [1.807, 2.05) is 51.2 Å². The summed E-state index contributed by atoms with van der Waals surface area (Å²) in [5.74, 6) is 1.79. The minimum Gasteiger partial charge on any atom is -0.496 e. The molecular weight excluding hydrogens is 264 g/mol. The molecule has 0 aliphatic heterocycles. The maximum Gasteiger partial charge on any atom is 0.128 e. The van der Waals surface area contributed by atoms with E-state index in [0.717, 1.165) is 34.0 Å². The molecule has 112 valence electrons. The van der Waals surface area contributed by atoms with Gasteiger partial charge in [0.05, 0.1) is 26.0 Å². The van der Waals surface area contributed by atoms with Gasteiger partial charge in [-0.25, -0.2) is 0 Å². The second-order valence-electron chi connectivity index (χ2n) is 4.86. The Morgan fingerprint density at radius 1 is 1.14 bits per heavy atom. The highest BCUT2D eigenvalue weighted by Crippen LogP contribution is 2.24. The van der Waals surface area contributed by atoms with Crippen molar-refractivity contribution in [3.63, 3.8) is 0 Å². The Balaban J connectivity index is 2.06. The molecule has 1 N–H and O–H groups in total. The van der Waals surface area contributed by atoms with Gasteiger partial charge in [0.1, 0.15) is 11.5 Å². The maximum atomic E-state index is 5.43. The number of nitrogens with zero attached hydrogens (tertiary/aromatic N) is 1. The molecule has 0 atom stereocenters. The smallest absolute Gasteiger partial charge is 0.128 e. The van der Waals surface area contributed by atoms with Crippen molar-refractivity contribution in [1.82, 2.24) is 4.98 Å². The van der Waals surface area contributed by atoms with Gasteiger partial charge in [-0.3, -0.25) is 4.98 Å². The highest BCUT2D eigenvalue weighted by Gasteiger charge is 2.09. The predicted molar refractivity (Wildman–Crippen MR) is 85.2 cm³/mol. The molecule has 0 unspecified atom stereocenters. The van der Waals surface area contributed by atoms with Crippen LogP contribution in [0.3, 0.4) is 0 Å². The zero-order valence-corrected chi connectivity index (χ0v) is 13.1. The second kappa shape index (κ2) is 6.97. The molecule has 21 heavy (non-hydrogen) atoms. The number of benzene rings is 1. The van der Waals surface area contributed by atoms with Gasteiger partial charge in [0.2, 0.25) is 0 Å². The van der Waals surface area contributed by atoms with Crippen LogP contribution < -0.4 is 14.8 Å². The molecule has 4 heteroatoms. The number of hydrogen-bond acceptors (Lipinski definition) is 4. The van der Waals surface area contributed by atoms with E-state index in [-0.39, 0.29) is 0 Å². The first-order valence-corrected chi connectivity index (χ1v) is 7.11. The summed E-state index contributed by atoms with van der Waals surface area (Å²) in [5, 5.41) is 3.37. The maximum absolute atomic E-state index is 5.43. The van der Waals surface area contributed by atoms with E-state index < -0.39 is 0 Å². The first kappa shape index (κ1) is 15.2. The molecule has 2 rings (SSSR count). The lowest BCUT2D eigenvalue weighted by Gasteiger charge is -2.13. The number of aromatic nitrogens is 1. The van der Waals surface area contributed by atoms with Gasteiger partial charge in [0.15, 0.2) is 0 Å². The number of ether oxygens (including phenoxy) is 2. The molecule has 0 amide bonds. The molecule has 4 nitrogen and oxygen atoms in total. The van der Waals surface area contributed by atoms with E-state index in [9.17, 15) is 0 Å². The number of pyridine rings is 1. The number of aryl methyl sites for hydroxylation is 1. The largest absolute Gasteiger partial charge is 0.496 e. The van der Waals surface area contributed by atoms with E-state index in [2.05, 4.69) is 10.3 Å². The van der Waals surface area contributed by atoms with Gasteiger partial charge in [-0.1, -0.05) is 0 Å². The van der Waals surface area contributed by atoms with Crippen molar-refractivity contribution in [2.45, 2.75) is 27.3 Å². The number of anilines is 1. The number of methoxy groups -OCH3 is 1. The van der Waals surface area contributed by atoms with E-state index in [1.165, 1.54) is 0 Å². The summed E-state index contributed by atoms with van der Waals surface area (Å²) in [7, 11) is 1.69. The third kappa shape index (κ3) is 3.66. The predicted octanol–water partition coefficient (Wildman–Crippen LogP) is 3.72. The lowest BCUT2D eigenvalue weighted by atomic mass is 10.1. The van der Waals surface area contributed by atoms with Gasteiger partial charge < -0.3 is 14.8 Å². The molecule has 0 fully saturated rings.